The summed E-state index contributed by atoms with van der Waals surface area (Å²) in [4.78, 5) is 2.33. The summed E-state index contributed by atoms with van der Waals surface area (Å²) >= 11 is 0. The van der Waals surface area contributed by atoms with Crippen LogP contribution in [-0.2, 0) is 4.74 Å². The standard InChI is InChI=1S/C32H63NO/c1-5-7-9-11-13-14-15-16-17-18-19-20-21-23-25-27-29-34-31-32(30-33(3)4)28-26-24-22-12-10-8-6-2/h13-14,16-17,32H,5-12,15,18-31H2,1-4H3. The van der Waals surface area contributed by atoms with Crippen molar-refractivity contribution < 1.29 is 4.74 Å². The molecule has 2 heteroatoms. The van der Waals surface area contributed by atoms with E-state index >= 15 is 0 Å². The van der Waals surface area contributed by atoms with Crippen LogP contribution in [-0.4, -0.2) is 38.8 Å². The first-order valence-electron chi connectivity index (χ1n) is 15.2. The van der Waals surface area contributed by atoms with Crippen molar-refractivity contribution in [2.75, 3.05) is 33.9 Å². The first-order valence-corrected chi connectivity index (χ1v) is 15.2. The largest absolute Gasteiger partial charge is 0.381 e. The average molecular weight is 478 g/mol. The minimum Gasteiger partial charge on any atom is -0.381 e. The SMILES string of the molecule is CCCCCC=CCC=CCCCCCCCCOCC(CCCCCCCCC)CN(C)C. The van der Waals surface area contributed by atoms with E-state index < -0.39 is 0 Å². The van der Waals surface area contributed by atoms with Gasteiger partial charge in [0.25, 0.3) is 0 Å². The van der Waals surface area contributed by atoms with Crippen LogP contribution in [0.15, 0.2) is 24.3 Å². The normalized spacial score (nSPS) is 13.1. The van der Waals surface area contributed by atoms with Gasteiger partial charge in [0.15, 0.2) is 0 Å². The van der Waals surface area contributed by atoms with Gasteiger partial charge in [-0.15, -0.1) is 0 Å². The summed E-state index contributed by atoms with van der Waals surface area (Å²) in [5, 5.41) is 0. The molecule has 2 nitrogen and oxygen atoms in total. The molecule has 1 atom stereocenters. The van der Waals surface area contributed by atoms with E-state index in [1.807, 2.05) is 0 Å². The van der Waals surface area contributed by atoms with Crippen molar-refractivity contribution in [3.8, 4) is 0 Å². The van der Waals surface area contributed by atoms with Gasteiger partial charge >= 0.3 is 0 Å². The van der Waals surface area contributed by atoms with Crippen LogP contribution in [0, 0.1) is 5.92 Å². The number of hydrogen-bond donors (Lipinski definition) is 0. The summed E-state index contributed by atoms with van der Waals surface area (Å²) in [5.41, 5.74) is 0. The average Bonchev–Trinajstić information content (AvgIpc) is 2.82. The lowest BCUT2D eigenvalue weighted by molar-refractivity contribution is 0.0816. The Labute approximate surface area is 216 Å². The third-order valence-corrected chi connectivity index (χ3v) is 6.68. The first kappa shape index (κ1) is 33.4. The molecule has 34 heavy (non-hydrogen) atoms. The minimum absolute atomic E-state index is 0.704. The molecular weight excluding hydrogens is 414 g/mol. The molecule has 0 rings (SSSR count). The van der Waals surface area contributed by atoms with Gasteiger partial charge in [-0.3, -0.25) is 0 Å². The van der Waals surface area contributed by atoms with E-state index in [1.54, 1.807) is 0 Å². The van der Waals surface area contributed by atoms with Gasteiger partial charge < -0.3 is 9.64 Å². The maximum atomic E-state index is 6.08. The van der Waals surface area contributed by atoms with Gasteiger partial charge in [-0.25, -0.2) is 0 Å². The fourth-order valence-corrected chi connectivity index (χ4v) is 4.58. The summed E-state index contributed by atoms with van der Waals surface area (Å²) in [7, 11) is 4.39. The van der Waals surface area contributed by atoms with E-state index in [1.165, 1.54) is 129 Å². The Hall–Kier alpha value is -0.600. The number of allylic oxidation sites excluding steroid dienone is 4. The molecular formula is C32H63NO. The van der Waals surface area contributed by atoms with E-state index in [0.717, 1.165) is 19.6 Å². The Morgan fingerprint density at radius 3 is 1.71 bits per heavy atom. The molecule has 0 aliphatic heterocycles. The molecule has 0 spiro atoms. The predicted octanol–water partition coefficient (Wildman–Crippen LogP) is 10.1. The van der Waals surface area contributed by atoms with Gasteiger partial charge in [0.05, 0.1) is 6.61 Å². The summed E-state index contributed by atoms with van der Waals surface area (Å²) in [6.07, 6.45) is 36.2. The molecule has 0 heterocycles. The van der Waals surface area contributed by atoms with Gasteiger partial charge in [-0.05, 0) is 65.0 Å². The zero-order valence-corrected chi connectivity index (χ0v) is 24.0. The number of unbranched alkanes of at least 4 members (excludes halogenated alkanes) is 15. The first-order chi connectivity index (χ1) is 16.7. The maximum absolute atomic E-state index is 6.08. The molecule has 202 valence electrons. The van der Waals surface area contributed by atoms with Crippen molar-refractivity contribution in [1.29, 1.82) is 0 Å². The summed E-state index contributed by atoms with van der Waals surface area (Å²) in [5.74, 6) is 0.704. The molecule has 0 aromatic carbocycles. The maximum Gasteiger partial charge on any atom is 0.0506 e. The highest BCUT2D eigenvalue weighted by Crippen LogP contribution is 2.15. The van der Waals surface area contributed by atoms with E-state index in [-0.39, 0.29) is 0 Å². The molecule has 0 aliphatic carbocycles. The molecule has 0 aromatic heterocycles. The third-order valence-electron chi connectivity index (χ3n) is 6.68. The van der Waals surface area contributed by atoms with Gasteiger partial charge in [-0.2, -0.15) is 0 Å². The van der Waals surface area contributed by atoms with Gasteiger partial charge in [0, 0.05) is 13.2 Å². The molecule has 0 N–H and O–H groups in total. The van der Waals surface area contributed by atoms with E-state index in [2.05, 4.69) is 57.1 Å². The number of hydrogen-bond acceptors (Lipinski definition) is 2. The van der Waals surface area contributed by atoms with Crippen molar-refractivity contribution in [3.05, 3.63) is 24.3 Å². The lowest BCUT2D eigenvalue weighted by atomic mass is 10.00. The summed E-state index contributed by atoms with van der Waals surface area (Å²) in [6, 6.07) is 0. The second-order valence-electron chi connectivity index (χ2n) is 10.7. The topological polar surface area (TPSA) is 12.5 Å². The molecule has 0 bridgehead atoms. The van der Waals surface area contributed by atoms with Crippen LogP contribution in [0.25, 0.3) is 0 Å². The lowest BCUT2D eigenvalue weighted by Crippen LogP contribution is -2.25. The minimum atomic E-state index is 0.704. The highest BCUT2D eigenvalue weighted by molar-refractivity contribution is 4.92. The monoisotopic (exact) mass is 477 g/mol. The predicted molar refractivity (Wildman–Crippen MR) is 155 cm³/mol. The van der Waals surface area contributed by atoms with Gasteiger partial charge in [0.1, 0.15) is 0 Å². The number of nitrogens with zero attached hydrogens (tertiary/aromatic N) is 1. The molecule has 0 amide bonds. The van der Waals surface area contributed by atoms with Crippen LogP contribution in [0.3, 0.4) is 0 Å². The Morgan fingerprint density at radius 2 is 1.09 bits per heavy atom. The summed E-state index contributed by atoms with van der Waals surface area (Å²) < 4.78 is 6.08. The van der Waals surface area contributed by atoms with Crippen LogP contribution in [0.5, 0.6) is 0 Å². The highest BCUT2D eigenvalue weighted by Gasteiger charge is 2.10. The fraction of sp³-hybridized carbons (Fsp3) is 0.875. The van der Waals surface area contributed by atoms with Crippen molar-refractivity contribution in [1.82, 2.24) is 4.90 Å². The van der Waals surface area contributed by atoms with Crippen LogP contribution in [0.4, 0.5) is 0 Å². The third kappa shape index (κ3) is 27.6. The van der Waals surface area contributed by atoms with Crippen molar-refractivity contribution in [2.45, 2.75) is 142 Å². The Bertz CT molecular complexity index is 429. The molecule has 0 saturated heterocycles. The van der Waals surface area contributed by atoms with Crippen LogP contribution in [0.2, 0.25) is 0 Å². The second-order valence-corrected chi connectivity index (χ2v) is 10.7. The molecule has 0 aromatic rings. The van der Waals surface area contributed by atoms with Crippen molar-refractivity contribution in [3.63, 3.8) is 0 Å². The van der Waals surface area contributed by atoms with E-state index in [0.29, 0.717) is 5.92 Å². The van der Waals surface area contributed by atoms with Crippen LogP contribution >= 0.6 is 0 Å². The van der Waals surface area contributed by atoms with Crippen LogP contribution < -0.4 is 0 Å². The van der Waals surface area contributed by atoms with E-state index in [4.69, 9.17) is 4.74 Å². The smallest absolute Gasteiger partial charge is 0.0506 e. The highest BCUT2D eigenvalue weighted by atomic mass is 16.5. The van der Waals surface area contributed by atoms with E-state index in [9.17, 15) is 0 Å². The Balaban J connectivity index is 3.52. The van der Waals surface area contributed by atoms with Crippen molar-refractivity contribution >= 4 is 0 Å². The molecule has 0 fully saturated rings. The van der Waals surface area contributed by atoms with Crippen molar-refractivity contribution in [2.24, 2.45) is 5.92 Å². The van der Waals surface area contributed by atoms with Gasteiger partial charge in [-0.1, -0.05) is 122 Å². The molecule has 0 radical (unpaired) electrons. The Kier molecular flexibility index (Phi) is 28.1. The lowest BCUT2D eigenvalue weighted by Gasteiger charge is -2.21. The molecule has 1 unspecified atom stereocenters. The zero-order chi connectivity index (χ0) is 25.0. The zero-order valence-electron chi connectivity index (χ0n) is 24.0. The quantitative estimate of drug-likeness (QED) is 0.0861. The summed E-state index contributed by atoms with van der Waals surface area (Å²) in [6.45, 7) is 7.63. The second kappa shape index (κ2) is 28.6. The number of rotatable bonds is 27. The van der Waals surface area contributed by atoms with Gasteiger partial charge in [0.2, 0.25) is 0 Å². The molecule has 0 saturated carbocycles. The Morgan fingerprint density at radius 1 is 0.588 bits per heavy atom. The molecule has 0 aliphatic rings. The van der Waals surface area contributed by atoms with Crippen LogP contribution in [0.1, 0.15) is 142 Å². The number of ether oxygens (including phenoxy) is 1. The fourth-order valence-electron chi connectivity index (χ4n) is 4.58.